The van der Waals surface area contributed by atoms with Crippen molar-refractivity contribution in [1.29, 1.82) is 0 Å². The molecule has 4 aromatic heterocycles. The molecule has 1 unspecified atom stereocenters. The van der Waals surface area contributed by atoms with Gasteiger partial charge in [0.2, 0.25) is 29.5 Å². The van der Waals surface area contributed by atoms with E-state index in [1.807, 2.05) is 24.6 Å². The molecule has 5 rings (SSSR count). The van der Waals surface area contributed by atoms with E-state index in [0.717, 1.165) is 51.9 Å². The van der Waals surface area contributed by atoms with E-state index in [4.69, 9.17) is 38.6 Å². The molecule has 488 valence electrons. The van der Waals surface area contributed by atoms with E-state index in [2.05, 4.69) is 57.5 Å². The number of thiazole rings is 3. The standard InChI is InChI=1S/C57H86N18O10S4/c1-31(2)24-38(70-54(83)37(15-23-89(5)85)69-55(84)46-32(3)48(61)75-50(74-46)39(26-44(60)77)67-27-36(59)49(62)79)47(78)33(4)51(80)71-40(25-34-10-12-35(76)13-11-34)52(81)66-22-14-45-68-42(29-86-45)56-73-43(30-88-56)57-72-41(28-87-57)53(82)65-21-9-20-64-18-7-6-17-63-19-8-16-58/h10-13,28-31,33,36-40,47,63-64,67,76,78H,6-9,14-27,58-59H2,1-5H3,(H2,60,77)(H2,62,79)(H,65,82)(H,66,81)(H,69,84)(H,70,83)(H,71,80)(H2,61,74,75)/t33-,36-,37-,38+,39-,40-,47-,89?/m0/s1. The summed E-state index contributed by atoms with van der Waals surface area (Å²) in [7, 11) is -1.43. The molecule has 0 aliphatic heterocycles. The lowest BCUT2D eigenvalue weighted by Gasteiger charge is -2.31. The number of benzene rings is 1. The summed E-state index contributed by atoms with van der Waals surface area (Å²) in [5.74, 6) is -6.51. The summed E-state index contributed by atoms with van der Waals surface area (Å²) < 4.78 is 12.4. The van der Waals surface area contributed by atoms with E-state index in [0.29, 0.717) is 57.2 Å². The number of carbonyl (C=O) groups is 7. The zero-order chi connectivity index (χ0) is 65.2. The van der Waals surface area contributed by atoms with Crippen molar-refractivity contribution in [3.63, 3.8) is 0 Å². The Balaban J connectivity index is 1.20. The average Bonchev–Trinajstić information content (AvgIpc) is 3.71. The average molecular weight is 1310 g/mol. The number of aromatic hydroxyl groups is 1. The number of rotatable bonds is 41. The first-order valence-electron chi connectivity index (χ1n) is 29.4. The third-order valence-corrected chi connectivity index (χ3v) is 17.4. The fourth-order valence-corrected chi connectivity index (χ4v) is 11.9. The minimum Gasteiger partial charge on any atom is -0.508 e. The number of aromatic nitrogens is 5. The highest BCUT2D eigenvalue weighted by Crippen LogP contribution is 2.31. The second kappa shape index (κ2) is 37.2. The molecular formula is C57H86N18O10S4. The third-order valence-electron chi connectivity index (χ3n) is 14.0. The number of unbranched alkanes of at least 4 members (excludes halogenated alkanes) is 1. The number of anilines is 1. The molecule has 32 heteroatoms. The molecule has 0 saturated heterocycles. The number of nitrogen functional groups attached to an aromatic ring is 1. The quantitative estimate of drug-likeness (QED) is 0.0229. The Hall–Kier alpha value is -7.01. The van der Waals surface area contributed by atoms with Crippen molar-refractivity contribution in [3.05, 3.63) is 73.8 Å². The van der Waals surface area contributed by atoms with Crippen LogP contribution < -0.4 is 71.2 Å². The zero-order valence-electron chi connectivity index (χ0n) is 50.8. The summed E-state index contributed by atoms with van der Waals surface area (Å²) in [6.45, 7) is 11.4. The van der Waals surface area contributed by atoms with Gasteiger partial charge in [0.05, 0.1) is 35.2 Å². The van der Waals surface area contributed by atoms with Crippen LogP contribution >= 0.6 is 34.0 Å². The molecule has 5 aromatic rings. The summed E-state index contributed by atoms with van der Waals surface area (Å²) in [6, 6.07) is 0.282. The fraction of sp³-hybridized carbons (Fsp3) is 0.544. The zero-order valence-corrected chi connectivity index (χ0v) is 54.1. The van der Waals surface area contributed by atoms with Crippen LogP contribution in [0.25, 0.3) is 21.4 Å². The van der Waals surface area contributed by atoms with Gasteiger partial charge in [-0.15, -0.1) is 34.0 Å². The van der Waals surface area contributed by atoms with Crippen LogP contribution in [0.3, 0.4) is 0 Å². The van der Waals surface area contributed by atoms with Gasteiger partial charge < -0.3 is 81.4 Å². The smallest absolute Gasteiger partial charge is 0.271 e. The molecule has 0 bridgehead atoms. The van der Waals surface area contributed by atoms with Gasteiger partial charge in [-0.3, -0.25) is 37.8 Å². The number of primary amides is 2. The van der Waals surface area contributed by atoms with Gasteiger partial charge in [0.1, 0.15) is 62.3 Å². The van der Waals surface area contributed by atoms with Gasteiger partial charge in [-0.2, -0.15) is 0 Å². The molecule has 89 heavy (non-hydrogen) atoms. The lowest BCUT2D eigenvalue weighted by molar-refractivity contribution is -0.134. The first-order chi connectivity index (χ1) is 42.4. The van der Waals surface area contributed by atoms with Crippen molar-refractivity contribution in [2.24, 2.45) is 34.8 Å². The van der Waals surface area contributed by atoms with Crippen molar-refractivity contribution >= 4 is 92.0 Å². The number of nitrogens with one attached hydrogen (secondary N) is 8. The lowest BCUT2D eigenvalue weighted by Crippen LogP contribution is -2.57. The van der Waals surface area contributed by atoms with E-state index in [1.54, 1.807) is 17.5 Å². The predicted molar refractivity (Wildman–Crippen MR) is 345 cm³/mol. The van der Waals surface area contributed by atoms with Crippen molar-refractivity contribution in [2.75, 3.05) is 70.1 Å². The van der Waals surface area contributed by atoms with E-state index in [1.165, 1.54) is 66.2 Å². The van der Waals surface area contributed by atoms with Gasteiger partial charge in [-0.25, -0.2) is 24.9 Å². The van der Waals surface area contributed by atoms with E-state index >= 15 is 0 Å². The molecule has 0 spiro atoms. The van der Waals surface area contributed by atoms with Gasteiger partial charge in [-0.05, 0) is 102 Å². The van der Waals surface area contributed by atoms with Crippen LogP contribution in [-0.2, 0) is 47.6 Å². The van der Waals surface area contributed by atoms with Crippen molar-refractivity contribution in [1.82, 2.24) is 67.5 Å². The first kappa shape index (κ1) is 72.7. The lowest BCUT2D eigenvalue weighted by atomic mass is 9.90. The SMILES string of the molecule is Cc1c(N)nc([C@H](CC(N)=O)NC[C@H](N)C(N)=O)nc1C(=O)N[C@@H](CCS(C)=O)C(=O)N[C@H](CC(C)C)[C@@H](O)[C@H](C)C(=O)N[C@@H](Cc1ccc(O)cc1)C(=O)NCCc1nc(-c2nc(-c3nc(C(=O)NCCCNCCCCNCCCN)cs3)cs2)cs1. The van der Waals surface area contributed by atoms with Crippen LogP contribution in [0, 0.1) is 18.8 Å². The monoisotopic (exact) mass is 1310 g/mol. The number of aliphatic hydroxyl groups excluding tert-OH is 1. The molecule has 0 aliphatic carbocycles. The highest BCUT2D eigenvalue weighted by molar-refractivity contribution is 7.84. The van der Waals surface area contributed by atoms with Crippen molar-refractivity contribution in [3.8, 4) is 27.2 Å². The molecule has 0 fully saturated rings. The molecule has 8 atom stereocenters. The Labute approximate surface area is 532 Å². The molecule has 28 nitrogen and oxygen atoms in total. The van der Waals surface area contributed by atoms with E-state index in [-0.39, 0.29) is 78.6 Å². The Morgan fingerprint density at radius 3 is 2.03 bits per heavy atom. The van der Waals surface area contributed by atoms with Crippen LogP contribution in [0.2, 0.25) is 0 Å². The van der Waals surface area contributed by atoms with E-state index in [9.17, 15) is 48.0 Å². The highest BCUT2D eigenvalue weighted by atomic mass is 32.2. The van der Waals surface area contributed by atoms with E-state index < -0.39 is 94.9 Å². The normalized spacial score (nSPS) is 14.2. The Bertz CT molecular complexity index is 3140. The van der Waals surface area contributed by atoms with Gasteiger partial charge in [-0.1, -0.05) is 32.9 Å². The number of carbonyl (C=O) groups excluding carboxylic acids is 7. The largest absolute Gasteiger partial charge is 0.508 e. The molecule has 4 heterocycles. The molecule has 1 aromatic carbocycles. The Kier molecular flexibility index (Phi) is 30.4. The predicted octanol–water partition coefficient (Wildman–Crippen LogP) is 0.00442. The summed E-state index contributed by atoms with van der Waals surface area (Å²) in [4.78, 5) is 116. The van der Waals surface area contributed by atoms with Gasteiger partial charge in [0, 0.05) is 83.4 Å². The Morgan fingerprint density at radius 2 is 1.37 bits per heavy atom. The van der Waals surface area contributed by atoms with Crippen LogP contribution in [0.1, 0.15) is 115 Å². The van der Waals surface area contributed by atoms with Crippen molar-refractivity contribution < 1.29 is 48.0 Å². The van der Waals surface area contributed by atoms with Gasteiger partial charge in [0.15, 0.2) is 0 Å². The number of nitrogens with two attached hydrogens (primary N) is 5. The number of amides is 7. The topological polar surface area (TPSA) is 468 Å². The summed E-state index contributed by atoms with van der Waals surface area (Å²) in [6.07, 6.45) is 3.77. The minimum atomic E-state index is -1.54. The number of phenols is 1. The van der Waals surface area contributed by atoms with Crippen LogP contribution in [0.5, 0.6) is 5.75 Å². The fourth-order valence-electron chi connectivity index (χ4n) is 8.90. The van der Waals surface area contributed by atoms with Crippen LogP contribution in [0.15, 0.2) is 40.4 Å². The van der Waals surface area contributed by atoms with Gasteiger partial charge in [0.25, 0.3) is 11.8 Å². The molecule has 7 amide bonds. The number of hydrogen-bond acceptors (Lipinski definition) is 24. The van der Waals surface area contributed by atoms with Crippen LogP contribution in [0.4, 0.5) is 5.82 Å². The second-order valence-electron chi connectivity index (χ2n) is 21.8. The molecule has 20 N–H and O–H groups in total. The molecule has 0 saturated carbocycles. The maximum absolute atomic E-state index is 14.3. The van der Waals surface area contributed by atoms with Crippen molar-refractivity contribution in [2.45, 2.75) is 122 Å². The summed E-state index contributed by atoms with van der Waals surface area (Å²) in [5.41, 5.74) is 30.3. The number of nitrogens with zero attached hydrogens (tertiary/aromatic N) is 5. The maximum atomic E-state index is 14.3. The number of aliphatic hydroxyl groups is 1. The molecule has 0 radical (unpaired) electrons. The summed E-state index contributed by atoms with van der Waals surface area (Å²) >= 11 is 4.09. The molecular weight excluding hydrogens is 1230 g/mol. The molecule has 0 aliphatic rings. The Morgan fingerprint density at radius 1 is 0.719 bits per heavy atom. The first-order valence-corrected chi connectivity index (χ1v) is 33.7. The van der Waals surface area contributed by atoms with Crippen LogP contribution in [-0.4, -0.2) is 175 Å². The summed E-state index contributed by atoms with van der Waals surface area (Å²) in [5, 5.41) is 53.0. The number of hydrogen-bond donors (Lipinski definition) is 15. The second-order valence-corrected chi connectivity index (χ2v) is 26.0. The maximum Gasteiger partial charge on any atom is 0.271 e. The third kappa shape index (κ3) is 24.4. The highest BCUT2D eigenvalue weighted by Gasteiger charge is 2.36. The number of phenolic OH excluding ortho intramolecular Hbond substituents is 1. The van der Waals surface area contributed by atoms with Gasteiger partial charge >= 0.3 is 0 Å². The minimum absolute atomic E-state index is 0.000759.